The molecule has 0 heterocycles. The quantitative estimate of drug-likeness (QED) is 0.385. The van der Waals surface area contributed by atoms with E-state index in [2.05, 4.69) is 4.84 Å². The van der Waals surface area contributed by atoms with E-state index in [0.717, 1.165) is 19.3 Å². The molecule has 0 unspecified atom stereocenters. The van der Waals surface area contributed by atoms with Crippen molar-refractivity contribution in [1.29, 1.82) is 0 Å². The topological polar surface area (TPSA) is 64.1 Å². The van der Waals surface area contributed by atoms with Gasteiger partial charge in [0.1, 0.15) is 0 Å². The average molecular weight is 164 g/mol. The number of rotatable bonds is 1. The maximum absolute atomic E-state index is 5.83. The van der Waals surface area contributed by atoms with Crippen molar-refractivity contribution in [3.8, 4) is 0 Å². The van der Waals surface area contributed by atoms with Crippen molar-refractivity contribution in [3.63, 3.8) is 0 Å². The van der Waals surface area contributed by atoms with E-state index in [0.29, 0.717) is 0 Å². The molecule has 1 fully saturated rings. The second kappa shape index (κ2) is 3.05. The van der Waals surface area contributed by atoms with E-state index in [4.69, 9.17) is 23.2 Å². The van der Waals surface area contributed by atoms with Gasteiger partial charge in [-0.25, -0.2) is 4.84 Å². The maximum Gasteiger partial charge on any atom is 0.0954 e. The molecule has 2 atom stereocenters. The molecule has 0 spiro atoms. The van der Waals surface area contributed by atoms with E-state index in [1.54, 1.807) is 0 Å². The largest absolute Gasteiger partial charge is 0.325 e. The molecule has 1 aliphatic carbocycles. The molecule has 0 bridgehead atoms. The standard InChI is InChI=1S/C6H14ClN3/c7-10-6(9)4-2-1-3-5(6)8/h5,10H,1-4,8-9H2/t5-,6-/m1/s1. The molecule has 0 saturated heterocycles. The molecular weight excluding hydrogens is 150 g/mol. The molecule has 0 aromatic carbocycles. The van der Waals surface area contributed by atoms with E-state index < -0.39 is 5.66 Å². The Kier molecular flexibility index (Phi) is 2.52. The van der Waals surface area contributed by atoms with Crippen LogP contribution in [0.5, 0.6) is 0 Å². The second-order valence-electron chi connectivity index (χ2n) is 2.99. The normalized spacial score (nSPS) is 41.7. The summed E-state index contributed by atoms with van der Waals surface area (Å²) in [4.78, 5) is 2.56. The summed E-state index contributed by atoms with van der Waals surface area (Å²) in [6.45, 7) is 0. The van der Waals surface area contributed by atoms with Gasteiger partial charge < -0.3 is 11.5 Å². The Labute approximate surface area is 66.2 Å². The fourth-order valence-electron chi connectivity index (χ4n) is 1.34. The third kappa shape index (κ3) is 1.42. The Morgan fingerprint density at radius 2 is 2.20 bits per heavy atom. The molecule has 0 aromatic heterocycles. The summed E-state index contributed by atoms with van der Waals surface area (Å²) in [5.41, 5.74) is 11.1. The van der Waals surface area contributed by atoms with Gasteiger partial charge in [0.05, 0.1) is 5.66 Å². The molecule has 0 amide bonds. The van der Waals surface area contributed by atoms with E-state index in [9.17, 15) is 0 Å². The highest BCUT2D eigenvalue weighted by Gasteiger charge is 2.33. The Morgan fingerprint density at radius 1 is 1.50 bits per heavy atom. The van der Waals surface area contributed by atoms with Gasteiger partial charge in [-0.3, -0.25) is 0 Å². The average Bonchev–Trinajstić information content (AvgIpc) is 1.96. The minimum Gasteiger partial charge on any atom is -0.325 e. The lowest BCUT2D eigenvalue weighted by Crippen LogP contribution is -2.63. The van der Waals surface area contributed by atoms with Crippen LogP contribution in [0.2, 0.25) is 0 Å². The van der Waals surface area contributed by atoms with Gasteiger partial charge in [0.2, 0.25) is 0 Å². The van der Waals surface area contributed by atoms with Gasteiger partial charge in [-0.2, -0.15) is 0 Å². The first-order chi connectivity index (χ1) is 4.69. The third-order valence-corrected chi connectivity index (χ3v) is 2.55. The Balaban J connectivity index is 2.54. The smallest absolute Gasteiger partial charge is 0.0954 e. The van der Waals surface area contributed by atoms with Crippen molar-refractivity contribution in [2.75, 3.05) is 0 Å². The molecule has 5 N–H and O–H groups in total. The Bertz CT molecular complexity index is 120. The lowest BCUT2D eigenvalue weighted by Gasteiger charge is -2.37. The molecule has 60 valence electrons. The minimum atomic E-state index is -0.528. The van der Waals surface area contributed by atoms with E-state index in [1.165, 1.54) is 6.42 Å². The van der Waals surface area contributed by atoms with Crippen LogP contribution in [0, 0.1) is 0 Å². The lowest BCUT2D eigenvalue weighted by atomic mass is 9.86. The highest BCUT2D eigenvalue weighted by atomic mass is 35.5. The van der Waals surface area contributed by atoms with Gasteiger partial charge in [-0.15, -0.1) is 0 Å². The molecule has 0 radical (unpaired) electrons. The van der Waals surface area contributed by atoms with Crippen LogP contribution >= 0.6 is 11.8 Å². The zero-order valence-electron chi connectivity index (χ0n) is 5.94. The first kappa shape index (κ1) is 8.27. The van der Waals surface area contributed by atoms with Crippen LogP contribution in [0.1, 0.15) is 25.7 Å². The minimum absolute atomic E-state index is 0.00116. The van der Waals surface area contributed by atoms with Gasteiger partial charge in [0.15, 0.2) is 0 Å². The monoisotopic (exact) mass is 163 g/mol. The highest BCUT2D eigenvalue weighted by Crippen LogP contribution is 2.22. The summed E-state index contributed by atoms with van der Waals surface area (Å²) in [6.07, 6.45) is 4.12. The van der Waals surface area contributed by atoms with Crippen LogP contribution in [0.15, 0.2) is 0 Å². The maximum atomic E-state index is 5.83. The summed E-state index contributed by atoms with van der Waals surface area (Å²) in [7, 11) is 0. The van der Waals surface area contributed by atoms with Crippen molar-refractivity contribution in [3.05, 3.63) is 0 Å². The van der Waals surface area contributed by atoms with E-state index in [-0.39, 0.29) is 6.04 Å². The first-order valence-corrected chi connectivity index (χ1v) is 3.99. The van der Waals surface area contributed by atoms with Crippen molar-refractivity contribution < 1.29 is 0 Å². The number of halogens is 1. The summed E-state index contributed by atoms with van der Waals surface area (Å²) in [6, 6.07) is -0.00116. The highest BCUT2D eigenvalue weighted by molar-refractivity contribution is 6.13. The molecular formula is C6H14ClN3. The Hall–Kier alpha value is 0.170. The van der Waals surface area contributed by atoms with Crippen LogP contribution in [-0.2, 0) is 0 Å². The van der Waals surface area contributed by atoms with E-state index >= 15 is 0 Å². The molecule has 1 saturated carbocycles. The van der Waals surface area contributed by atoms with Crippen molar-refractivity contribution in [2.45, 2.75) is 37.4 Å². The molecule has 0 aromatic rings. The van der Waals surface area contributed by atoms with Gasteiger partial charge in [-0.05, 0) is 24.6 Å². The van der Waals surface area contributed by atoms with Crippen LogP contribution in [0.25, 0.3) is 0 Å². The van der Waals surface area contributed by atoms with Crippen LogP contribution < -0.4 is 16.3 Å². The lowest BCUT2D eigenvalue weighted by molar-refractivity contribution is 0.239. The molecule has 0 aliphatic heterocycles. The summed E-state index contributed by atoms with van der Waals surface area (Å²) >= 11 is 5.46. The number of hydrogen-bond acceptors (Lipinski definition) is 3. The zero-order valence-corrected chi connectivity index (χ0v) is 6.69. The van der Waals surface area contributed by atoms with Crippen LogP contribution in [0.4, 0.5) is 0 Å². The summed E-state index contributed by atoms with van der Waals surface area (Å²) in [5, 5.41) is 0. The predicted molar refractivity (Wildman–Crippen MR) is 42.4 cm³/mol. The molecule has 1 aliphatic rings. The molecule has 3 nitrogen and oxygen atoms in total. The molecule has 10 heavy (non-hydrogen) atoms. The number of nitrogens with one attached hydrogen (secondary N) is 1. The first-order valence-electron chi connectivity index (χ1n) is 3.61. The number of hydrogen-bond donors (Lipinski definition) is 3. The van der Waals surface area contributed by atoms with Crippen LogP contribution in [-0.4, -0.2) is 11.7 Å². The van der Waals surface area contributed by atoms with Gasteiger partial charge >= 0.3 is 0 Å². The van der Waals surface area contributed by atoms with Crippen LogP contribution in [0.3, 0.4) is 0 Å². The van der Waals surface area contributed by atoms with Gasteiger partial charge in [-0.1, -0.05) is 12.8 Å². The number of nitrogens with two attached hydrogens (primary N) is 2. The van der Waals surface area contributed by atoms with E-state index in [1.807, 2.05) is 0 Å². The fourth-order valence-corrected chi connectivity index (χ4v) is 1.58. The van der Waals surface area contributed by atoms with Gasteiger partial charge in [0.25, 0.3) is 0 Å². The Morgan fingerprint density at radius 3 is 2.60 bits per heavy atom. The summed E-state index contributed by atoms with van der Waals surface area (Å²) < 4.78 is 0. The van der Waals surface area contributed by atoms with Crippen molar-refractivity contribution in [2.24, 2.45) is 11.5 Å². The third-order valence-electron chi connectivity index (χ3n) is 2.19. The fraction of sp³-hybridized carbons (Fsp3) is 1.00. The summed E-state index contributed by atoms with van der Waals surface area (Å²) in [5.74, 6) is 0. The molecule has 1 rings (SSSR count). The SMILES string of the molecule is N[C@@H]1CCCC[C@@]1(N)NCl. The second-order valence-corrected chi connectivity index (χ2v) is 3.18. The van der Waals surface area contributed by atoms with Crippen molar-refractivity contribution in [1.82, 2.24) is 4.84 Å². The predicted octanol–water partition coefficient (Wildman–Crippen LogP) is 0.286. The van der Waals surface area contributed by atoms with Crippen molar-refractivity contribution >= 4 is 11.8 Å². The zero-order chi connectivity index (χ0) is 7.61. The molecule has 4 heteroatoms. The van der Waals surface area contributed by atoms with Gasteiger partial charge in [0, 0.05) is 6.04 Å².